The zero-order valence-corrected chi connectivity index (χ0v) is 7.51. The summed E-state index contributed by atoms with van der Waals surface area (Å²) < 4.78 is 1.28. The normalized spacial score (nSPS) is 10.3. The van der Waals surface area contributed by atoms with Gasteiger partial charge in [0, 0.05) is 5.56 Å². The van der Waals surface area contributed by atoms with Crippen LogP contribution in [0.5, 0.6) is 0 Å². The quantitative estimate of drug-likeness (QED) is 0.567. The highest BCUT2D eigenvalue weighted by Crippen LogP contribution is 2.22. The van der Waals surface area contributed by atoms with Crippen molar-refractivity contribution < 1.29 is 0 Å². The van der Waals surface area contributed by atoms with Crippen LogP contribution in [0, 0.1) is 0 Å². The molecule has 2 rings (SSSR count). The van der Waals surface area contributed by atoms with Crippen LogP contribution in [0.2, 0.25) is 0 Å². The smallest absolute Gasteiger partial charge is 0.168 e. The Morgan fingerprint density at radius 1 is 1.07 bits per heavy atom. The molecule has 5 nitrogen and oxygen atoms in total. The number of nitrogen functional groups attached to an aromatic ring is 3. The second-order valence-electron chi connectivity index (χ2n) is 2.94. The first kappa shape index (κ1) is 8.43. The third-order valence-corrected chi connectivity index (χ3v) is 2.01. The molecule has 6 N–H and O–H groups in total. The Morgan fingerprint density at radius 3 is 2.21 bits per heavy atom. The van der Waals surface area contributed by atoms with Crippen LogP contribution in [0.15, 0.2) is 30.3 Å². The van der Waals surface area contributed by atoms with E-state index in [9.17, 15) is 0 Å². The summed E-state index contributed by atoms with van der Waals surface area (Å²) in [7, 11) is 0. The fourth-order valence-electron chi connectivity index (χ4n) is 1.25. The monoisotopic (exact) mass is 189 g/mol. The molecule has 2 aromatic rings. The zero-order valence-electron chi connectivity index (χ0n) is 7.51. The summed E-state index contributed by atoms with van der Waals surface area (Å²) in [5, 5.41) is 0. The van der Waals surface area contributed by atoms with Crippen LogP contribution in [0.4, 0.5) is 11.6 Å². The van der Waals surface area contributed by atoms with Gasteiger partial charge < -0.3 is 17.3 Å². The van der Waals surface area contributed by atoms with E-state index in [0.717, 1.165) is 5.56 Å². The van der Waals surface area contributed by atoms with Gasteiger partial charge in [-0.05, 0) is 0 Å². The van der Waals surface area contributed by atoms with Crippen molar-refractivity contribution >= 4 is 11.6 Å². The van der Waals surface area contributed by atoms with Crippen LogP contribution in [-0.2, 0) is 0 Å². The molecule has 0 radical (unpaired) electrons. The molecule has 14 heavy (non-hydrogen) atoms. The predicted molar refractivity (Wildman–Crippen MR) is 56.6 cm³/mol. The van der Waals surface area contributed by atoms with Gasteiger partial charge in [-0.2, -0.15) is 0 Å². The maximum atomic E-state index is 5.68. The summed E-state index contributed by atoms with van der Waals surface area (Å²) in [6.07, 6.45) is 0. The lowest BCUT2D eigenvalue weighted by Gasteiger charge is -2.01. The molecule has 1 aromatic heterocycles. The standard InChI is InChI=1S/C9H11N5/c10-7-8(11)14(12)9(13-7)6-4-2-1-3-5-6/h1-5H,10-12H2. The number of anilines is 2. The van der Waals surface area contributed by atoms with Crippen LogP contribution in [0.3, 0.4) is 0 Å². The van der Waals surface area contributed by atoms with Crippen LogP contribution in [0.1, 0.15) is 0 Å². The topological polar surface area (TPSA) is 95.9 Å². The van der Waals surface area contributed by atoms with E-state index < -0.39 is 0 Å². The van der Waals surface area contributed by atoms with Crippen LogP contribution >= 0.6 is 0 Å². The second-order valence-corrected chi connectivity index (χ2v) is 2.94. The zero-order chi connectivity index (χ0) is 10.1. The average molecular weight is 189 g/mol. The molecule has 0 amide bonds. The third kappa shape index (κ3) is 1.15. The van der Waals surface area contributed by atoms with Gasteiger partial charge >= 0.3 is 0 Å². The first-order chi connectivity index (χ1) is 6.70. The minimum atomic E-state index is 0.256. The van der Waals surface area contributed by atoms with Crippen molar-refractivity contribution in [3.8, 4) is 11.4 Å². The molecule has 0 unspecified atom stereocenters. The maximum absolute atomic E-state index is 5.68. The molecule has 72 valence electrons. The van der Waals surface area contributed by atoms with Crippen molar-refractivity contribution in [2.45, 2.75) is 0 Å². The fourth-order valence-corrected chi connectivity index (χ4v) is 1.25. The third-order valence-electron chi connectivity index (χ3n) is 2.01. The SMILES string of the molecule is Nc1nc(-c2ccccc2)n(N)c1N. The molecule has 0 spiro atoms. The number of hydrogen-bond donors (Lipinski definition) is 3. The van der Waals surface area contributed by atoms with Gasteiger partial charge in [0.05, 0.1) is 0 Å². The van der Waals surface area contributed by atoms with Gasteiger partial charge in [-0.25, -0.2) is 9.66 Å². The van der Waals surface area contributed by atoms with E-state index in [0.29, 0.717) is 5.82 Å². The van der Waals surface area contributed by atoms with E-state index in [1.165, 1.54) is 4.68 Å². The number of nitrogens with zero attached hydrogens (tertiary/aromatic N) is 2. The van der Waals surface area contributed by atoms with Gasteiger partial charge in [0.1, 0.15) is 0 Å². The molecule has 0 aliphatic heterocycles. The molecule has 0 bridgehead atoms. The number of rotatable bonds is 1. The molecule has 1 heterocycles. The molecule has 5 heteroatoms. The maximum Gasteiger partial charge on any atom is 0.168 e. The fraction of sp³-hybridized carbons (Fsp3) is 0. The van der Waals surface area contributed by atoms with Crippen LogP contribution in [0.25, 0.3) is 11.4 Å². The van der Waals surface area contributed by atoms with Gasteiger partial charge in [0.2, 0.25) is 0 Å². The van der Waals surface area contributed by atoms with Crippen LogP contribution < -0.4 is 17.3 Å². The average Bonchev–Trinajstić information content (AvgIpc) is 2.47. The molecule has 0 fully saturated rings. The molecular formula is C9H11N5. The summed E-state index contributed by atoms with van der Waals surface area (Å²) in [5.74, 6) is 6.79. The highest BCUT2D eigenvalue weighted by atomic mass is 15.4. The van der Waals surface area contributed by atoms with E-state index in [2.05, 4.69) is 4.98 Å². The molecule has 0 aliphatic carbocycles. The minimum Gasteiger partial charge on any atom is -0.381 e. The Morgan fingerprint density at radius 2 is 1.71 bits per heavy atom. The first-order valence-electron chi connectivity index (χ1n) is 4.14. The predicted octanol–water partition coefficient (Wildman–Crippen LogP) is 0.428. The number of aromatic nitrogens is 2. The number of hydrogen-bond acceptors (Lipinski definition) is 4. The van der Waals surface area contributed by atoms with Crippen molar-refractivity contribution in [3.63, 3.8) is 0 Å². The van der Waals surface area contributed by atoms with Gasteiger partial charge in [-0.1, -0.05) is 30.3 Å². The minimum absolute atomic E-state index is 0.256. The number of imidazole rings is 1. The molecule has 0 saturated heterocycles. The lowest BCUT2D eigenvalue weighted by Crippen LogP contribution is -2.13. The second kappa shape index (κ2) is 2.95. The Hall–Kier alpha value is -2.17. The van der Waals surface area contributed by atoms with E-state index in [1.54, 1.807) is 0 Å². The highest BCUT2D eigenvalue weighted by molar-refractivity contribution is 5.66. The molecule has 0 saturated carbocycles. The lowest BCUT2D eigenvalue weighted by molar-refractivity contribution is 1.02. The van der Waals surface area contributed by atoms with Gasteiger partial charge in [0.25, 0.3) is 0 Å². The summed E-state index contributed by atoms with van der Waals surface area (Å²) >= 11 is 0. The highest BCUT2D eigenvalue weighted by Gasteiger charge is 2.10. The molecule has 0 atom stereocenters. The van der Waals surface area contributed by atoms with Crippen molar-refractivity contribution in [1.82, 2.24) is 9.66 Å². The molecule has 0 aliphatic rings. The summed E-state index contributed by atoms with van der Waals surface area (Å²) in [5.41, 5.74) is 12.0. The van der Waals surface area contributed by atoms with Crippen molar-refractivity contribution in [3.05, 3.63) is 30.3 Å². The van der Waals surface area contributed by atoms with E-state index >= 15 is 0 Å². The Bertz CT molecular complexity index is 446. The van der Waals surface area contributed by atoms with Crippen molar-refractivity contribution in [1.29, 1.82) is 0 Å². The van der Waals surface area contributed by atoms with Gasteiger partial charge in [-0.3, -0.25) is 0 Å². The molecule has 1 aromatic carbocycles. The Labute approximate surface area is 81.1 Å². The summed E-state index contributed by atoms with van der Waals surface area (Å²) in [6.45, 7) is 0. The van der Waals surface area contributed by atoms with Crippen molar-refractivity contribution in [2.24, 2.45) is 0 Å². The largest absolute Gasteiger partial charge is 0.381 e. The van der Waals surface area contributed by atoms with Crippen molar-refractivity contribution in [2.75, 3.05) is 17.3 Å². The van der Waals surface area contributed by atoms with Gasteiger partial charge in [-0.15, -0.1) is 0 Å². The van der Waals surface area contributed by atoms with E-state index in [1.807, 2.05) is 30.3 Å². The van der Waals surface area contributed by atoms with E-state index in [4.69, 9.17) is 17.3 Å². The first-order valence-corrected chi connectivity index (χ1v) is 4.14. The Kier molecular flexibility index (Phi) is 1.78. The van der Waals surface area contributed by atoms with E-state index in [-0.39, 0.29) is 11.6 Å². The van der Waals surface area contributed by atoms with Crippen LogP contribution in [-0.4, -0.2) is 9.66 Å². The summed E-state index contributed by atoms with van der Waals surface area (Å²) in [4.78, 5) is 4.07. The molecular weight excluding hydrogens is 178 g/mol. The lowest BCUT2D eigenvalue weighted by atomic mass is 10.2. The summed E-state index contributed by atoms with van der Waals surface area (Å²) in [6, 6.07) is 9.50. The Balaban J connectivity index is 2.58. The van der Waals surface area contributed by atoms with Gasteiger partial charge in [0.15, 0.2) is 17.5 Å². The number of benzene rings is 1. The number of nitrogens with two attached hydrogens (primary N) is 3.